The first-order valence-corrected chi connectivity index (χ1v) is 16.9. The molecule has 2 atom stereocenters. The summed E-state index contributed by atoms with van der Waals surface area (Å²) in [5.41, 5.74) is 1.21. The predicted octanol–water partition coefficient (Wildman–Crippen LogP) is 4.32. The van der Waals surface area contributed by atoms with Gasteiger partial charge < -0.3 is 19.8 Å². The second kappa shape index (κ2) is 9.98. The molecule has 1 unspecified atom stereocenters. The van der Waals surface area contributed by atoms with Crippen molar-refractivity contribution in [1.29, 1.82) is 0 Å². The highest BCUT2D eigenvalue weighted by atomic mass is 32.4. The zero-order chi connectivity index (χ0) is 27.3. The Labute approximate surface area is 225 Å². The van der Waals surface area contributed by atoms with Crippen LogP contribution in [0.5, 0.6) is 0 Å². The number of Topliss-reactive ketones (excluding diaryl/α,β-unsaturated/α-hetero) is 1. The number of nitrogens with zero attached hydrogens (tertiary/aromatic N) is 1. The molecule has 2 heterocycles. The number of thiocarbonyl (C=S) groups is 1. The molecule has 0 spiro atoms. The Hall–Kier alpha value is -1.52. The first kappa shape index (κ1) is 29.0. The van der Waals surface area contributed by atoms with Crippen molar-refractivity contribution in [2.45, 2.75) is 60.9 Å². The average Bonchev–Trinajstić information content (AvgIpc) is 2.95. The van der Waals surface area contributed by atoms with Crippen LogP contribution in [0.25, 0.3) is 0 Å². The molecule has 3 rings (SSSR count). The van der Waals surface area contributed by atoms with Gasteiger partial charge in [0.1, 0.15) is 10.8 Å². The van der Waals surface area contributed by atoms with E-state index < -0.39 is 22.5 Å². The van der Waals surface area contributed by atoms with Gasteiger partial charge in [-0.1, -0.05) is 53.8 Å². The van der Waals surface area contributed by atoms with Gasteiger partial charge in [-0.25, -0.2) is 8.42 Å². The summed E-state index contributed by atoms with van der Waals surface area (Å²) >= 11 is 11.9. The number of carbonyl (C=O) groups excluding carboxylic acids is 1. The van der Waals surface area contributed by atoms with E-state index in [1.807, 2.05) is 32.6 Å². The Morgan fingerprint density at radius 1 is 1.19 bits per heavy atom. The molecule has 12 heteroatoms. The summed E-state index contributed by atoms with van der Waals surface area (Å²) in [6.07, 6.45) is -0.909. The molecular formula is C24H37N4O4PS3. The van der Waals surface area contributed by atoms with Gasteiger partial charge in [0.25, 0.3) is 0 Å². The molecule has 0 aliphatic carbocycles. The molecule has 2 aliphatic rings. The first-order chi connectivity index (χ1) is 16.4. The van der Waals surface area contributed by atoms with Crippen LogP contribution in [0.3, 0.4) is 0 Å². The number of ketones is 1. The van der Waals surface area contributed by atoms with Gasteiger partial charge in [0.2, 0.25) is 10.0 Å². The van der Waals surface area contributed by atoms with Gasteiger partial charge in [-0.3, -0.25) is 9.52 Å². The summed E-state index contributed by atoms with van der Waals surface area (Å²) in [7, 11) is -3.46. The number of sulfonamides is 1. The molecule has 0 aromatic heterocycles. The van der Waals surface area contributed by atoms with Gasteiger partial charge in [0, 0.05) is 12.2 Å². The maximum atomic E-state index is 13.9. The first-order valence-electron chi connectivity index (χ1n) is 11.9. The number of hydrogen-bond acceptors (Lipinski definition) is 7. The number of fused-ring (bicyclic) bond motifs is 1. The topological polar surface area (TPSA) is 99.8 Å². The number of hydrogen-bond donors (Lipinski definition) is 3. The average molecular weight is 573 g/mol. The van der Waals surface area contributed by atoms with Gasteiger partial charge in [0.15, 0.2) is 12.2 Å². The second-order valence-corrected chi connectivity index (χ2v) is 17.2. The fourth-order valence-corrected chi connectivity index (χ4v) is 8.26. The molecular weight excluding hydrogens is 535 g/mol. The molecule has 200 valence electrons. The van der Waals surface area contributed by atoms with Crippen molar-refractivity contribution >= 4 is 67.9 Å². The minimum absolute atomic E-state index is 0.0479. The molecule has 0 saturated carbocycles. The van der Waals surface area contributed by atoms with Crippen LogP contribution >= 0.6 is 18.6 Å². The van der Waals surface area contributed by atoms with Crippen LogP contribution in [0.1, 0.15) is 54.9 Å². The standard InChI is InChI=1S/C24H37N4O4PS3/c1-9-32-33(35)17-14-15(27-36(8,30)31)10-11-16(17)25-21(26-33)18-19(29)20(24(5,6)7)28(22(18)34)13-12-23(2,3)4/h10-11,14,20,25,27H,9,12-13H2,1-8H3,(H,26,35)/t20-,33?/m1/s1. The van der Waals surface area contributed by atoms with E-state index in [9.17, 15) is 13.2 Å². The van der Waals surface area contributed by atoms with Crippen molar-refractivity contribution in [3.63, 3.8) is 0 Å². The second-order valence-electron chi connectivity index (χ2n) is 11.5. The lowest BCUT2D eigenvalue weighted by molar-refractivity contribution is -0.120. The van der Waals surface area contributed by atoms with Crippen LogP contribution in [0.4, 0.5) is 11.4 Å². The monoisotopic (exact) mass is 572 g/mol. The highest BCUT2D eigenvalue weighted by molar-refractivity contribution is 8.15. The Morgan fingerprint density at radius 3 is 2.36 bits per heavy atom. The maximum absolute atomic E-state index is 13.9. The summed E-state index contributed by atoms with van der Waals surface area (Å²) < 4.78 is 32.0. The SMILES string of the molecule is CCOP1(=S)NC(=C2C(=O)[C@H](C(C)(C)C)N(CCC(C)(C)C)C2=S)Nc2ccc(NS(C)(=O)=O)cc21. The summed E-state index contributed by atoms with van der Waals surface area (Å²) in [6.45, 7) is 15.5. The van der Waals surface area contributed by atoms with Gasteiger partial charge in [0.05, 0.1) is 35.5 Å². The van der Waals surface area contributed by atoms with E-state index in [0.29, 0.717) is 46.2 Å². The Bertz CT molecular complexity index is 1260. The highest BCUT2D eigenvalue weighted by Gasteiger charge is 2.49. The lowest BCUT2D eigenvalue weighted by Gasteiger charge is -2.35. The van der Waals surface area contributed by atoms with Gasteiger partial charge in [-0.05, 0) is 54.2 Å². The van der Waals surface area contributed by atoms with E-state index in [-0.39, 0.29) is 16.6 Å². The molecule has 1 aromatic rings. The molecule has 1 aromatic carbocycles. The van der Waals surface area contributed by atoms with Gasteiger partial charge >= 0.3 is 0 Å². The predicted molar refractivity (Wildman–Crippen MR) is 156 cm³/mol. The molecule has 1 fully saturated rings. The van der Waals surface area contributed by atoms with Crippen LogP contribution < -0.4 is 20.4 Å². The summed E-state index contributed by atoms with van der Waals surface area (Å²) in [6, 6.07) is 4.67. The lowest BCUT2D eigenvalue weighted by Crippen LogP contribution is -2.45. The minimum atomic E-state index is -3.46. The zero-order valence-electron chi connectivity index (χ0n) is 22.2. The van der Waals surface area contributed by atoms with E-state index in [0.717, 1.165) is 12.7 Å². The van der Waals surface area contributed by atoms with Crippen molar-refractivity contribution in [3.8, 4) is 0 Å². The van der Waals surface area contributed by atoms with E-state index in [4.69, 9.17) is 28.5 Å². The van der Waals surface area contributed by atoms with E-state index in [1.54, 1.807) is 18.2 Å². The van der Waals surface area contributed by atoms with Crippen molar-refractivity contribution in [2.75, 3.05) is 29.4 Å². The van der Waals surface area contributed by atoms with E-state index >= 15 is 0 Å². The van der Waals surface area contributed by atoms with E-state index in [1.165, 1.54) is 0 Å². The van der Waals surface area contributed by atoms with Crippen molar-refractivity contribution in [3.05, 3.63) is 29.6 Å². The number of rotatable bonds is 6. The summed E-state index contributed by atoms with van der Waals surface area (Å²) in [5.74, 6) is 0.402. The van der Waals surface area contributed by atoms with Crippen molar-refractivity contribution < 1.29 is 17.7 Å². The summed E-state index contributed by atoms with van der Waals surface area (Å²) in [5, 5.41) is 7.25. The Balaban J connectivity index is 2.11. The Kier molecular flexibility index (Phi) is 8.05. The smallest absolute Gasteiger partial charge is 0.229 e. The van der Waals surface area contributed by atoms with Crippen LogP contribution in [-0.2, 0) is 31.1 Å². The normalized spacial score (nSPS) is 24.9. The van der Waals surface area contributed by atoms with Gasteiger partial charge in [-0.15, -0.1) is 0 Å². The van der Waals surface area contributed by atoms with Crippen molar-refractivity contribution in [1.82, 2.24) is 9.99 Å². The van der Waals surface area contributed by atoms with E-state index in [2.05, 4.69) is 35.9 Å². The molecule has 0 amide bonds. The van der Waals surface area contributed by atoms with Crippen LogP contribution in [0, 0.1) is 10.8 Å². The molecule has 0 radical (unpaired) electrons. The third-order valence-corrected chi connectivity index (χ3v) is 10.3. The Morgan fingerprint density at radius 2 is 1.83 bits per heavy atom. The summed E-state index contributed by atoms with van der Waals surface area (Å²) in [4.78, 5) is 16.4. The highest BCUT2D eigenvalue weighted by Crippen LogP contribution is 2.49. The number of likely N-dealkylation sites (tertiary alicyclic amines) is 1. The molecule has 8 nitrogen and oxygen atoms in total. The number of nitrogens with one attached hydrogen (secondary N) is 3. The molecule has 2 aliphatic heterocycles. The molecule has 3 N–H and O–H groups in total. The van der Waals surface area contributed by atoms with Crippen molar-refractivity contribution in [2.24, 2.45) is 10.8 Å². The van der Waals surface area contributed by atoms with Crippen LogP contribution in [-0.4, -0.2) is 49.5 Å². The number of carbonyl (C=O) groups is 1. The fourth-order valence-electron chi connectivity index (χ4n) is 4.35. The third kappa shape index (κ3) is 6.30. The lowest BCUT2D eigenvalue weighted by atomic mass is 9.83. The van der Waals surface area contributed by atoms with Crippen LogP contribution in [0.2, 0.25) is 0 Å². The maximum Gasteiger partial charge on any atom is 0.229 e. The molecule has 36 heavy (non-hydrogen) atoms. The quantitative estimate of drug-likeness (QED) is 0.261. The number of benzene rings is 1. The minimum Gasteiger partial charge on any atom is -0.351 e. The zero-order valence-corrected chi connectivity index (χ0v) is 25.5. The van der Waals surface area contributed by atoms with Gasteiger partial charge in [-0.2, -0.15) is 0 Å². The molecule has 1 saturated heterocycles. The van der Waals surface area contributed by atoms with Crippen LogP contribution in [0.15, 0.2) is 29.6 Å². The largest absolute Gasteiger partial charge is 0.351 e. The fraction of sp³-hybridized carbons (Fsp3) is 0.583. The number of anilines is 2. The molecule has 0 bridgehead atoms. The third-order valence-electron chi connectivity index (χ3n) is 5.90.